The molecule has 2 rings (SSSR count). The molecule has 0 aromatic heterocycles. The summed E-state index contributed by atoms with van der Waals surface area (Å²) in [5.41, 5.74) is 0. The Balaban J connectivity index is 1.89. The van der Waals surface area contributed by atoms with E-state index in [-0.39, 0.29) is 11.9 Å². The highest BCUT2D eigenvalue weighted by atomic mass is 31.2. The molecule has 0 heterocycles. The molecule has 0 spiro atoms. The van der Waals surface area contributed by atoms with Crippen molar-refractivity contribution in [1.82, 2.24) is 5.32 Å². The van der Waals surface area contributed by atoms with E-state index < -0.39 is 13.2 Å². The minimum absolute atomic E-state index is 0.236. The first-order chi connectivity index (χ1) is 14.5. The van der Waals surface area contributed by atoms with E-state index in [0.717, 1.165) is 36.3 Å². The molecule has 0 aliphatic heterocycles. The van der Waals surface area contributed by atoms with Gasteiger partial charge in [0.2, 0.25) is 5.91 Å². The lowest BCUT2D eigenvalue weighted by Crippen LogP contribution is -2.40. The molecule has 0 unspecified atom stereocenters. The highest BCUT2D eigenvalue weighted by molar-refractivity contribution is 7.78. The lowest BCUT2D eigenvalue weighted by molar-refractivity contribution is -0.147. The second kappa shape index (κ2) is 12.3. The van der Waals surface area contributed by atoms with Crippen molar-refractivity contribution < 1.29 is 18.9 Å². The number of amides is 1. The molecule has 0 fully saturated rings. The Hall–Kier alpha value is -2.39. The molecule has 0 radical (unpaired) electrons. The standard InChI is InChI=1S/C24H32NO4P/c1-3-29-24(27)23(25-20(2)26)18-12-4-5-13-19-30(28,21-14-8-6-9-15-21)22-16-10-7-11-17-22/h6-11,14-17,23H,3-5,12-13,18-19H2,1-2H3,(H,25,26)/t23-/m1/s1. The van der Waals surface area contributed by atoms with Gasteiger partial charge in [-0.05, 0) is 19.8 Å². The fourth-order valence-electron chi connectivity index (χ4n) is 3.52. The van der Waals surface area contributed by atoms with Crippen LogP contribution in [0.1, 0.15) is 46.0 Å². The van der Waals surface area contributed by atoms with Crippen LogP contribution in [0.4, 0.5) is 0 Å². The number of hydrogen-bond donors (Lipinski definition) is 1. The second-order valence-corrected chi connectivity index (χ2v) is 10.3. The lowest BCUT2D eigenvalue weighted by Gasteiger charge is -2.19. The average Bonchev–Trinajstić information content (AvgIpc) is 2.76. The zero-order valence-electron chi connectivity index (χ0n) is 17.9. The van der Waals surface area contributed by atoms with Crippen LogP contribution in [0, 0.1) is 0 Å². The van der Waals surface area contributed by atoms with E-state index in [1.54, 1.807) is 6.92 Å². The van der Waals surface area contributed by atoms with Crippen LogP contribution in [-0.4, -0.2) is 30.7 Å². The first kappa shape index (κ1) is 23.9. The number of ether oxygens (including phenoxy) is 1. The molecule has 0 saturated carbocycles. The van der Waals surface area contributed by atoms with Crippen LogP contribution in [0.5, 0.6) is 0 Å². The van der Waals surface area contributed by atoms with Gasteiger partial charge in [0.1, 0.15) is 13.2 Å². The predicted octanol–water partition coefficient (Wildman–Crippen LogP) is 4.02. The summed E-state index contributed by atoms with van der Waals surface area (Å²) in [5.74, 6) is -0.620. The van der Waals surface area contributed by atoms with Gasteiger partial charge in [-0.1, -0.05) is 79.9 Å². The van der Waals surface area contributed by atoms with Crippen molar-refractivity contribution in [3.8, 4) is 0 Å². The van der Waals surface area contributed by atoms with Gasteiger partial charge in [-0.25, -0.2) is 4.79 Å². The van der Waals surface area contributed by atoms with Gasteiger partial charge in [0, 0.05) is 23.7 Å². The maximum Gasteiger partial charge on any atom is 0.328 e. The third-order valence-electron chi connectivity index (χ3n) is 5.01. The smallest absolute Gasteiger partial charge is 0.328 e. The van der Waals surface area contributed by atoms with Crippen LogP contribution < -0.4 is 15.9 Å². The van der Waals surface area contributed by atoms with Crippen LogP contribution in [-0.2, 0) is 18.9 Å². The van der Waals surface area contributed by atoms with Gasteiger partial charge in [-0.3, -0.25) is 4.79 Å². The molecule has 2 aromatic rings. The molecule has 2 aromatic carbocycles. The van der Waals surface area contributed by atoms with E-state index in [0.29, 0.717) is 19.2 Å². The van der Waals surface area contributed by atoms with E-state index in [9.17, 15) is 14.2 Å². The molecule has 5 nitrogen and oxygen atoms in total. The number of benzene rings is 2. The predicted molar refractivity (Wildman–Crippen MR) is 122 cm³/mol. The van der Waals surface area contributed by atoms with Gasteiger partial charge < -0.3 is 14.6 Å². The zero-order chi connectivity index (χ0) is 21.8. The summed E-state index contributed by atoms with van der Waals surface area (Å²) in [6.45, 7) is 3.45. The number of rotatable bonds is 12. The summed E-state index contributed by atoms with van der Waals surface area (Å²) in [6.07, 6.45) is 4.62. The average molecular weight is 429 g/mol. The summed E-state index contributed by atoms with van der Waals surface area (Å²) in [5, 5.41) is 4.45. The number of esters is 1. The molecule has 162 valence electrons. The highest BCUT2D eigenvalue weighted by Crippen LogP contribution is 2.44. The molecule has 0 aliphatic rings. The molecule has 0 bridgehead atoms. The van der Waals surface area contributed by atoms with Crippen LogP contribution in [0.15, 0.2) is 60.7 Å². The van der Waals surface area contributed by atoms with Crippen molar-refractivity contribution >= 4 is 29.6 Å². The van der Waals surface area contributed by atoms with Crippen molar-refractivity contribution in [2.24, 2.45) is 0 Å². The molecule has 0 saturated heterocycles. The summed E-state index contributed by atoms with van der Waals surface area (Å²) in [4.78, 5) is 23.3. The third kappa shape index (κ3) is 7.14. The largest absolute Gasteiger partial charge is 0.464 e. The first-order valence-electron chi connectivity index (χ1n) is 10.6. The van der Waals surface area contributed by atoms with Crippen LogP contribution in [0.2, 0.25) is 0 Å². The van der Waals surface area contributed by atoms with Gasteiger partial charge in [0.25, 0.3) is 0 Å². The summed E-state index contributed by atoms with van der Waals surface area (Å²) in [7, 11) is -2.67. The Morgan fingerprint density at radius 2 is 1.43 bits per heavy atom. The van der Waals surface area contributed by atoms with Crippen LogP contribution in [0.3, 0.4) is 0 Å². The van der Waals surface area contributed by atoms with E-state index in [1.165, 1.54) is 6.92 Å². The second-order valence-electron chi connectivity index (χ2n) is 7.34. The number of carbonyl (C=O) groups excluding carboxylic acids is 2. The molecule has 1 N–H and O–H groups in total. The van der Waals surface area contributed by atoms with Crippen molar-refractivity contribution in [2.75, 3.05) is 12.8 Å². The summed E-state index contributed by atoms with van der Waals surface area (Å²) >= 11 is 0. The number of hydrogen-bond acceptors (Lipinski definition) is 4. The molecule has 30 heavy (non-hydrogen) atoms. The molecule has 6 heteroatoms. The maximum atomic E-state index is 13.9. The highest BCUT2D eigenvalue weighted by Gasteiger charge is 2.26. The Labute approximate surface area is 179 Å². The van der Waals surface area contributed by atoms with Crippen molar-refractivity contribution in [1.29, 1.82) is 0 Å². The third-order valence-corrected chi connectivity index (χ3v) is 8.22. The van der Waals surface area contributed by atoms with Crippen LogP contribution in [0.25, 0.3) is 0 Å². The molecule has 1 atom stereocenters. The zero-order valence-corrected chi connectivity index (χ0v) is 18.8. The normalized spacial score (nSPS) is 12.2. The minimum atomic E-state index is -2.67. The molecular weight excluding hydrogens is 397 g/mol. The van der Waals surface area contributed by atoms with E-state index >= 15 is 0 Å². The Morgan fingerprint density at radius 1 is 0.900 bits per heavy atom. The Bertz CT molecular complexity index is 795. The quantitative estimate of drug-likeness (QED) is 0.314. The van der Waals surface area contributed by atoms with E-state index in [4.69, 9.17) is 4.74 Å². The topological polar surface area (TPSA) is 72.5 Å². The van der Waals surface area contributed by atoms with E-state index in [1.807, 2.05) is 60.7 Å². The SMILES string of the molecule is CCOC(=O)[C@@H](CCCCCCP(=O)(c1ccccc1)c1ccccc1)NC(C)=O. The van der Waals surface area contributed by atoms with Gasteiger partial charge in [0.15, 0.2) is 0 Å². The van der Waals surface area contributed by atoms with Crippen LogP contribution >= 0.6 is 7.14 Å². The maximum absolute atomic E-state index is 13.9. The number of carbonyl (C=O) groups is 2. The van der Waals surface area contributed by atoms with Gasteiger partial charge in [0.05, 0.1) is 6.61 Å². The fraction of sp³-hybridized carbons (Fsp3) is 0.417. The Kier molecular flexibility index (Phi) is 9.82. The summed E-state index contributed by atoms with van der Waals surface area (Å²) in [6, 6.07) is 18.8. The van der Waals surface area contributed by atoms with Gasteiger partial charge >= 0.3 is 5.97 Å². The van der Waals surface area contributed by atoms with Crippen molar-refractivity contribution in [3.05, 3.63) is 60.7 Å². The van der Waals surface area contributed by atoms with Gasteiger partial charge in [-0.15, -0.1) is 0 Å². The van der Waals surface area contributed by atoms with E-state index in [2.05, 4.69) is 5.32 Å². The lowest BCUT2D eigenvalue weighted by atomic mass is 10.1. The Morgan fingerprint density at radius 3 is 1.93 bits per heavy atom. The minimum Gasteiger partial charge on any atom is -0.464 e. The van der Waals surface area contributed by atoms with Crippen molar-refractivity contribution in [3.63, 3.8) is 0 Å². The first-order valence-corrected chi connectivity index (χ1v) is 12.5. The summed E-state index contributed by atoms with van der Waals surface area (Å²) < 4.78 is 19.0. The number of nitrogens with one attached hydrogen (secondary N) is 1. The number of unbranched alkanes of at least 4 members (excludes halogenated alkanes) is 3. The molecular formula is C24H32NO4P. The molecule has 0 aliphatic carbocycles. The fourth-order valence-corrected chi connectivity index (χ4v) is 6.31. The molecule has 1 amide bonds. The van der Waals surface area contributed by atoms with Gasteiger partial charge in [-0.2, -0.15) is 0 Å². The monoisotopic (exact) mass is 429 g/mol. The van der Waals surface area contributed by atoms with Crippen molar-refractivity contribution in [2.45, 2.75) is 52.0 Å².